The number of pyridine rings is 1. The van der Waals surface area contributed by atoms with Gasteiger partial charge in [-0.2, -0.15) is 0 Å². The maximum atomic E-state index is 13.3. The van der Waals surface area contributed by atoms with Gasteiger partial charge in [0.1, 0.15) is 5.82 Å². The molecule has 1 amide bonds. The van der Waals surface area contributed by atoms with Crippen LogP contribution in [-0.4, -0.2) is 49.0 Å². The van der Waals surface area contributed by atoms with Crippen LogP contribution in [0.5, 0.6) is 0 Å². The summed E-state index contributed by atoms with van der Waals surface area (Å²) in [5.41, 5.74) is 2.00. The van der Waals surface area contributed by atoms with Crippen LogP contribution in [0.3, 0.4) is 0 Å². The first-order valence-corrected chi connectivity index (χ1v) is 13.1. The van der Waals surface area contributed by atoms with Gasteiger partial charge in [0.05, 0.1) is 34.1 Å². The third kappa shape index (κ3) is 4.26. The van der Waals surface area contributed by atoms with Crippen LogP contribution in [0.25, 0.3) is 11.3 Å². The largest absolute Gasteiger partial charge is 0.449 e. The smallest absolute Gasteiger partial charge is 0.339 e. The van der Waals surface area contributed by atoms with E-state index in [2.05, 4.69) is 9.71 Å². The molecular formula is C25H22ClN3O5S. The fourth-order valence-corrected chi connectivity index (χ4v) is 5.34. The third-order valence-electron chi connectivity index (χ3n) is 6.33. The number of nitrogens with one attached hydrogen (secondary N) is 1. The van der Waals surface area contributed by atoms with Gasteiger partial charge in [-0.1, -0.05) is 41.9 Å². The van der Waals surface area contributed by atoms with E-state index in [0.29, 0.717) is 35.3 Å². The number of aromatic nitrogens is 1. The first-order chi connectivity index (χ1) is 16.7. The Kier molecular flexibility index (Phi) is 5.77. The fraction of sp³-hybridized carbons (Fsp3) is 0.240. The molecule has 0 unspecified atom stereocenters. The van der Waals surface area contributed by atoms with E-state index in [0.717, 1.165) is 5.56 Å². The van der Waals surface area contributed by atoms with Crippen molar-refractivity contribution < 1.29 is 22.7 Å². The number of esters is 1. The highest BCUT2D eigenvalue weighted by Gasteiger charge is 2.51. The molecule has 1 aromatic heterocycles. The summed E-state index contributed by atoms with van der Waals surface area (Å²) in [6.45, 7) is 2.23. The summed E-state index contributed by atoms with van der Waals surface area (Å²) in [6, 6.07) is 17.2. The summed E-state index contributed by atoms with van der Waals surface area (Å²) in [6.07, 6.45) is 0.515. The van der Waals surface area contributed by atoms with Crippen molar-refractivity contribution in [2.24, 2.45) is 0 Å². The molecule has 10 heteroatoms. The van der Waals surface area contributed by atoms with Crippen LogP contribution in [0.1, 0.15) is 39.6 Å². The van der Waals surface area contributed by atoms with E-state index in [9.17, 15) is 18.0 Å². The van der Waals surface area contributed by atoms with Crippen LogP contribution >= 0.6 is 11.6 Å². The van der Waals surface area contributed by atoms with Crippen molar-refractivity contribution in [3.63, 3.8) is 0 Å². The number of benzene rings is 2. The zero-order valence-electron chi connectivity index (χ0n) is 18.8. The first-order valence-electron chi connectivity index (χ1n) is 11.1. The normalized spacial score (nSPS) is 19.0. The van der Waals surface area contributed by atoms with Gasteiger partial charge in [-0.25, -0.2) is 18.2 Å². The van der Waals surface area contributed by atoms with E-state index in [1.165, 1.54) is 0 Å². The van der Waals surface area contributed by atoms with E-state index in [4.69, 9.17) is 16.3 Å². The van der Waals surface area contributed by atoms with E-state index in [-0.39, 0.29) is 35.0 Å². The van der Waals surface area contributed by atoms with Gasteiger partial charge in [0, 0.05) is 24.1 Å². The van der Waals surface area contributed by atoms with Crippen molar-refractivity contribution >= 4 is 39.3 Å². The number of amides is 1. The van der Waals surface area contributed by atoms with Crippen LogP contribution in [0.15, 0.2) is 60.7 Å². The standard InChI is InChI=1S/C25H22ClN3O5S/c1-2-35(32,33)28-22-9-5-8-21(27-22)16-10-11-18(20(26)14-16)23(30)29-13-12-25(15-29)19-7-4-3-6-17(19)24(31)34-25/h3-11,14H,2,12-13,15H2,1H3,(H,27,28)/t25-/m0/s1. The summed E-state index contributed by atoms with van der Waals surface area (Å²) in [5.74, 6) is -0.483. The molecule has 0 bridgehead atoms. The predicted molar refractivity (Wildman–Crippen MR) is 132 cm³/mol. The molecule has 5 rings (SSSR count). The molecule has 1 N–H and O–H groups in total. The molecule has 1 saturated heterocycles. The Morgan fingerprint density at radius 3 is 2.74 bits per heavy atom. The Morgan fingerprint density at radius 2 is 1.97 bits per heavy atom. The molecule has 180 valence electrons. The summed E-state index contributed by atoms with van der Waals surface area (Å²) in [7, 11) is -3.46. The molecule has 1 fully saturated rings. The van der Waals surface area contributed by atoms with Gasteiger partial charge < -0.3 is 9.64 Å². The number of carbonyl (C=O) groups is 2. The molecule has 3 heterocycles. The molecule has 0 aliphatic carbocycles. The highest BCUT2D eigenvalue weighted by molar-refractivity contribution is 7.92. The SMILES string of the molecule is CCS(=O)(=O)Nc1cccc(-c2ccc(C(=O)N3CC[C@@]4(C3)OC(=O)c3ccccc34)c(Cl)c2)n1. The van der Waals surface area contributed by atoms with Gasteiger partial charge in [0.2, 0.25) is 10.0 Å². The molecule has 8 nitrogen and oxygen atoms in total. The number of carbonyl (C=O) groups excluding carboxylic acids is 2. The van der Waals surface area contributed by atoms with Crippen LogP contribution in [0, 0.1) is 0 Å². The zero-order chi connectivity index (χ0) is 24.8. The minimum Gasteiger partial charge on any atom is -0.449 e. The number of ether oxygens (including phenoxy) is 1. The topological polar surface area (TPSA) is 106 Å². The Hall–Kier alpha value is -3.43. The quantitative estimate of drug-likeness (QED) is 0.517. The number of likely N-dealkylation sites (tertiary alicyclic amines) is 1. The fourth-order valence-electron chi connectivity index (χ4n) is 4.51. The molecule has 2 aliphatic heterocycles. The van der Waals surface area contributed by atoms with Crippen LogP contribution in [0.4, 0.5) is 5.82 Å². The number of fused-ring (bicyclic) bond motifs is 2. The lowest BCUT2D eigenvalue weighted by atomic mass is 9.91. The maximum Gasteiger partial charge on any atom is 0.339 e. The van der Waals surface area contributed by atoms with Crippen molar-refractivity contribution in [1.29, 1.82) is 0 Å². The number of hydrogen-bond donors (Lipinski definition) is 1. The van der Waals surface area contributed by atoms with Crippen LogP contribution in [-0.2, 0) is 20.4 Å². The Labute approximate surface area is 207 Å². The lowest BCUT2D eigenvalue weighted by Gasteiger charge is -2.24. The Bertz CT molecular complexity index is 1460. The average molecular weight is 512 g/mol. The summed E-state index contributed by atoms with van der Waals surface area (Å²) < 4.78 is 31.9. The summed E-state index contributed by atoms with van der Waals surface area (Å²) in [5, 5.41) is 0.249. The van der Waals surface area contributed by atoms with Crippen molar-refractivity contribution in [2.75, 3.05) is 23.6 Å². The number of nitrogens with zero attached hydrogens (tertiary/aromatic N) is 2. The highest BCUT2D eigenvalue weighted by Crippen LogP contribution is 2.43. The Balaban J connectivity index is 1.37. The van der Waals surface area contributed by atoms with Gasteiger partial charge >= 0.3 is 5.97 Å². The monoisotopic (exact) mass is 511 g/mol. The molecule has 1 spiro atoms. The second-order valence-electron chi connectivity index (χ2n) is 8.51. The average Bonchev–Trinajstić information content (AvgIpc) is 3.40. The summed E-state index contributed by atoms with van der Waals surface area (Å²) in [4.78, 5) is 31.6. The van der Waals surface area contributed by atoms with Crippen molar-refractivity contribution in [3.8, 4) is 11.3 Å². The van der Waals surface area contributed by atoms with E-state index in [1.807, 2.05) is 12.1 Å². The van der Waals surface area contributed by atoms with Crippen molar-refractivity contribution in [1.82, 2.24) is 9.88 Å². The number of hydrogen-bond acceptors (Lipinski definition) is 6. The molecule has 0 radical (unpaired) electrons. The molecule has 35 heavy (non-hydrogen) atoms. The minimum absolute atomic E-state index is 0.0654. The number of sulfonamides is 1. The number of halogens is 1. The molecule has 3 aromatic rings. The zero-order valence-corrected chi connectivity index (χ0v) is 20.4. The van der Waals surface area contributed by atoms with Crippen molar-refractivity contribution in [2.45, 2.75) is 18.9 Å². The molecule has 0 saturated carbocycles. The van der Waals surface area contributed by atoms with Gasteiger partial charge in [0.25, 0.3) is 5.91 Å². The Morgan fingerprint density at radius 1 is 1.17 bits per heavy atom. The minimum atomic E-state index is -3.46. The maximum absolute atomic E-state index is 13.3. The summed E-state index contributed by atoms with van der Waals surface area (Å²) >= 11 is 6.50. The van der Waals surface area contributed by atoms with Crippen LogP contribution < -0.4 is 4.72 Å². The third-order valence-corrected chi connectivity index (χ3v) is 7.92. The number of rotatable bonds is 5. The lowest BCUT2D eigenvalue weighted by Crippen LogP contribution is -2.34. The molecular weight excluding hydrogens is 490 g/mol. The van der Waals surface area contributed by atoms with Gasteiger partial charge in [-0.05, 0) is 37.3 Å². The highest BCUT2D eigenvalue weighted by atomic mass is 35.5. The molecule has 1 atom stereocenters. The molecule has 2 aliphatic rings. The first kappa shape index (κ1) is 23.3. The van der Waals surface area contributed by atoms with Gasteiger partial charge in [-0.3, -0.25) is 9.52 Å². The van der Waals surface area contributed by atoms with Crippen LogP contribution in [0.2, 0.25) is 5.02 Å². The van der Waals surface area contributed by atoms with Crippen molar-refractivity contribution in [3.05, 3.63) is 82.4 Å². The second kappa shape index (κ2) is 8.66. The van der Waals surface area contributed by atoms with E-state index >= 15 is 0 Å². The predicted octanol–water partition coefficient (Wildman–Crippen LogP) is 4.08. The molecule has 2 aromatic carbocycles. The lowest BCUT2D eigenvalue weighted by molar-refractivity contribution is -0.00306. The van der Waals surface area contributed by atoms with Gasteiger partial charge in [-0.15, -0.1) is 0 Å². The van der Waals surface area contributed by atoms with Gasteiger partial charge in [0.15, 0.2) is 5.60 Å². The second-order valence-corrected chi connectivity index (χ2v) is 10.9. The van der Waals surface area contributed by atoms with E-state index in [1.54, 1.807) is 60.4 Å². The van der Waals surface area contributed by atoms with E-state index < -0.39 is 15.6 Å². The number of anilines is 1.